The number of allylic oxidation sites excluding steroid dienone is 1. The van der Waals surface area contributed by atoms with Gasteiger partial charge >= 0.3 is 5.97 Å². The Labute approximate surface area is 182 Å². The van der Waals surface area contributed by atoms with Gasteiger partial charge < -0.3 is 20.5 Å². The van der Waals surface area contributed by atoms with E-state index < -0.39 is 17.3 Å². The van der Waals surface area contributed by atoms with E-state index in [0.29, 0.717) is 23.4 Å². The maximum atomic E-state index is 13.6. The van der Waals surface area contributed by atoms with Crippen LogP contribution in [0.2, 0.25) is 0 Å². The molecule has 158 valence electrons. The van der Waals surface area contributed by atoms with Crippen LogP contribution in [0.5, 0.6) is 0 Å². The van der Waals surface area contributed by atoms with Crippen molar-refractivity contribution in [3.8, 4) is 0 Å². The summed E-state index contributed by atoms with van der Waals surface area (Å²) in [4.78, 5) is 41.2. The van der Waals surface area contributed by atoms with Crippen LogP contribution >= 0.6 is 11.3 Å². The van der Waals surface area contributed by atoms with E-state index in [1.54, 1.807) is 42.5 Å². The first-order valence-corrected chi connectivity index (χ1v) is 10.9. The maximum absolute atomic E-state index is 13.6. The van der Waals surface area contributed by atoms with Crippen LogP contribution in [0, 0.1) is 0 Å². The molecular weight excluding hydrogens is 416 g/mol. The summed E-state index contributed by atoms with van der Waals surface area (Å²) in [7, 11) is 0. The summed E-state index contributed by atoms with van der Waals surface area (Å²) in [5.41, 5.74) is 5.63. The molecule has 3 N–H and O–H groups in total. The summed E-state index contributed by atoms with van der Waals surface area (Å²) in [5, 5.41) is 4.78. The second-order valence-corrected chi connectivity index (χ2v) is 8.63. The minimum absolute atomic E-state index is 0.0695. The smallest absolute Gasteiger partial charge is 0.341 e. The zero-order chi connectivity index (χ0) is 21.8. The van der Waals surface area contributed by atoms with Gasteiger partial charge in [-0.2, -0.15) is 0 Å². The molecule has 1 aliphatic carbocycles. The Morgan fingerprint density at radius 1 is 1.26 bits per heavy atom. The molecule has 1 aromatic heterocycles. The van der Waals surface area contributed by atoms with Gasteiger partial charge in [0.1, 0.15) is 16.7 Å². The Balaban J connectivity index is 1.75. The van der Waals surface area contributed by atoms with E-state index in [2.05, 4.69) is 5.32 Å². The van der Waals surface area contributed by atoms with Crippen LogP contribution in [0.25, 0.3) is 0 Å². The van der Waals surface area contributed by atoms with Crippen molar-refractivity contribution in [3.63, 3.8) is 0 Å². The van der Waals surface area contributed by atoms with Crippen LogP contribution < -0.4 is 11.1 Å². The van der Waals surface area contributed by atoms with Gasteiger partial charge in [0.2, 0.25) is 11.8 Å². The van der Waals surface area contributed by atoms with Crippen LogP contribution in [0.15, 0.2) is 64.6 Å². The minimum atomic E-state index is -1.68. The quantitative estimate of drug-likeness (QED) is 0.716. The second kappa shape index (κ2) is 7.09. The normalized spacial score (nSPS) is 24.6. The first kappa shape index (κ1) is 19.6. The third-order valence-corrected chi connectivity index (χ3v) is 7.03. The monoisotopic (exact) mass is 436 g/mol. The number of amides is 1. The third-order valence-electron chi connectivity index (χ3n) is 6.00. The summed E-state index contributed by atoms with van der Waals surface area (Å²) < 4.78 is 11.1. The first-order chi connectivity index (χ1) is 15.0. The van der Waals surface area contributed by atoms with Gasteiger partial charge in [0, 0.05) is 34.9 Å². The molecule has 3 aliphatic rings. The molecular formula is C23H20N2O5S. The summed E-state index contributed by atoms with van der Waals surface area (Å²) >= 11 is 1.57. The van der Waals surface area contributed by atoms with E-state index in [1.807, 2.05) is 17.5 Å². The molecule has 1 aromatic carbocycles. The van der Waals surface area contributed by atoms with Crippen LogP contribution in [-0.2, 0) is 29.3 Å². The van der Waals surface area contributed by atoms with Crippen molar-refractivity contribution >= 4 is 34.7 Å². The number of hydrogen-bond acceptors (Lipinski definition) is 7. The highest BCUT2D eigenvalue weighted by Gasteiger charge is 2.62. The first-order valence-electron chi connectivity index (χ1n) is 10.0. The molecule has 5 rings (SSSR count). The van der Waals surface area contributed by atoms with Gasteiger partial charge in [-0.1, -0.05) is 24.3 Å². The molecule has 31 heavy (non-hydrogen) atoms. The van der Waals surface area contributed by atoms with Crippen molar-refractivity contribution in [2.75, 3.05) is 11.9 Å². The summed E-state index contributed by atoms with van der Waals surface area (Å²) in [5.74, 6) is -1.44. The lowest BCUT2D eigenvalue weighted by Crippen LogP contribution is -2.49. The molecule has 2 aliphatic heterocycles. The van der Waals surface area contributed by atoms with Gasteiger partial charge in [-0.25, -0.2) is 4.79 Å². The van der Waals surface area contributed by atoms with Crippen molar-refractivity contribution in [3.05, 3.63) is 75.0 Å². The van der Waals surface area contributed by atoms with E-state index in [4.69, 9.17) is 15.2 Å². The Kier molecular flexibility index (Phi) is 4.48. The summed E-state index contributed by atoms with van der Waals surface area (Å²) in [6.07, 6.45) is 0.630. The summed E-state index contributed by atoms with van der Waals surface area (Å²) in [6.45, 7) is 1.75. The standard InChI is InChI=1S/C23H20N2O5S/c1-2-29-21(27)19-20(24)30-16-11-12(17-8-5-9-31-17)10-15(26)18(16)23(19)13-6-3-4-7-14(13)25-22(23)28/h3-9,12H,2,10-11,24H2,1H3,(H,25,28)/t12-,23+/m0/s1. The number of Topliss-reactive ketones (excluding diaryl/α,β-unsaturated/α-hetero) is 1. The van der Waals surface area contributed by atoms with E-state index in [9.17, 15) is 14.4 Å². The SMILES string of the molecule is CCOC(=O)C1=C(N)OC2=C(C(=O)C[C@H](c3cccs3)C2)[C@@]12C(=O)Nc1ccccc12. The van der Waals surface area contributed by atoms with Crippen LogP contribution in [0.1, 0.15) is 36.1 Å². The maximum Gasteiger partial charge on any atom is 0.341 e. The highest BCUT2D eigenvalue weighted by molar-refractivity contribution is 7.10. The summed E-state index contributed by atoms with van der Waals surface area (Å²) in [6, 6.07) is 10.9. The number of fused-ring (bicyclic) bond motifs is 3. The fourth-order valence-corrected chi connectivity index (χ4v) is 5.65. The Morgan fingerprint density at radius 2 is 2.06 bits per heavy atom. The highest BCUT2D eigenvalue weighted by atomic mass is 32.1. The van der Waals surface area contributed by atoms with Crippen molar-refractivity contribution in [2.24, 2.45) is 5.73 Å². The number of para-hydroxylation sites is 1. The topological polar surface area (TPSA) is 108 Å². The molecule has 2 atom stereocenters. The van der Waals surface area contributed by atoms with Gasteiger partial charge in [-0.15, -0.1) is 11.3 Å². The lowest BCUT2D eigenvalue weighted by molar-refractivity contribution is -0.141. The molecule has 0 bridgehead atoms. The lowest BCUT2D eigenvalue weighted by atomic mass is 9.63. The van der Waals surface area contributed by atoms with Gasteiger partial charge in [-0.05, 0) is 24.4 Å². The van der Waals surface area contributed by atoms with Crippen LogP contribution in [0.4, 0.5) is 5.69 Å². The fourth-order valence-electron chi connectivity index (χ4n) is 4.82. The number of thiophene rings is 1. The molecule has 0 fully saturated rings. The number of ketones is 1. The molecule has 1 spiro atoms. The van der Waals surface area contributed by atoms with Crippen molar-refractivity contribution < 1.29 is 23.9 Å². The number of nitrogens with one attached hydrogen (secondary N) is 1. The van der Waals surface area contributed by atoms with Gasteiger partial charge in [0.05, 0.1) is 12.2 Å². The van der Waals surface area contributed by atoms with Crippen LogP contribution in [0.3, 0.4) is 0 Å². The number of ether oxygens (including phenoxy) is 2. The van der Waals surface area contributed by atoms with Crippen molar-refractivity contribution in [1.82, 2.24) is 0 Å². The molecule has 0 unspecified atom stereocenters. The van der Waals surface area contributed by atoms with Gasteiger partial charge in [-0.3, -0.25) is 9.59 Å². The Hall–Kier alpha value is -3.39. The molecule has 0 saturated carbocycles. The largest absolute Gasteiger partial charge is 0.462 e. The number of hydrogen-bond donors (Lipinski definition) is 2. The number of carbonyl (C=O) groups excluding carboxylic acids is 3. The van der Waals surface area contributed by atoms with E-state index in [1.165, 1.54) is 0 Å². The lowest BCUT2D eigenvalue weighted by Gasteiger charge is -2.39. The molecule has 1 amide bonds. The Bertz CT molecular complexity index is 1180. The number of rotatable bonds is 3. The van der Waals surface area contributed by atoms with Crippen molar-refractivity contribution in [1.29, 1.82) is 0 Å². The average molecular weight is 436 g/mol. The minimum Gasteiger partial charge on any atom is -0.462 e. The van der Waals surface area contributed by atoms with Crippen LogP contribution in [-0.4, -0.2) is 24.3 Å². The molecule has 0 saturated heterocycles. The second-order valence-electron chi connectivity index (χ2n) is 7.65. The van der Waals surface area contributed by atoms with E-state index in [-0.39, 0.29) is 41.8 Å². The number of benzene rings is 1. The molecule has 2 aromatic rings. The number of nitrogens with two attached hydrogens (primary N) is 1. The predicted molar refractivity (Wildman–Crippen MR) is 114 cm³/mol. The predicted octanol–water partition coefficient (Wildman–Crippen LogP) is 3.10. The molecule has 7 nitrogen and oxygen atoms in total. The van der Waals surface area contributed by atoms with E-state index in [0.717, 1.165) is 4.88 Å². The van der Waals surface area contributed by atoms with E-state index >= 15 is 0 Å². The third kappa shape index (κ3) is 2.68. The molecule has 8 heteroatoms. The number of anilines is 1. The number of carbonyl (C=O) groups is 3. The average Bonchev–Trinajstić information content (AvgIpc) is 3.36. The van der Waals surface area contributed by atoms with Crippen molar-refractivity contribution in [2.45, 2.75) is 31.1 Å². The van der Waals surface area contributed by atoms with Gasteiger partial charge in [0.15, 0.2) is 5.78 Å². The highest BCUT2D eigenvalue weighted by Crippen LogP contribution is 2.55. The zero-order valence-electron chi connectivity index (χ0n) is 16.8. The van der Waals surface area contributed by atoms with Gasteiger partial charge in [0.25, 0.3) is 0 Å². The fraction of sp³-hybridized carbons (Fsp3) is 0.261. The number of esters is 1. The Morgan fingerprint density at radius 3 is 2.81 bits per heavy atom. The zero-order valence-corrected chi connectivity index (χ0v) is 17.6. The molecule has 0 radical (unpaired) electrons. The molecule has 3 heterocycles.